The zero-order valence-corrected chi connectivity index (χ0v) is 18.2. The average molecular weight is 468 g/mol. The van der Waals surface area contributed by atoms with Gasteiger partial charge >= 0.3 is 11.9 Å². The summed E-state index contributed by atoms with van der Waals surface area (Å²) in [5, 5.41) is 24.4. The summed E-state index contributed by atoms with van der Waals surface area (Å²) in [6.07, 6.45) is 11.2. The van der Waals surface area contributed by atoms with Crippen LogP contribution < -0.4 is 10.6 Å². The van der Waals surface area contributed by atoms with Crippen LogP contribution in [0.15, 0.2) is 49.6 Å². The summed E-state index contributed by atoms with van der Waals surface area (Å²) in [6, 6.07) is 1.86. The third kappa shape index (κ3) is 6.28. The summed E-state index contributed by atoms with van der Waals surface area (Å²) in [6.45, 7) is 1.65. The van der Waals surface area contributed by atoms with E-state index in [1.807, 2.05) is 9.13 Å². The van der Waals surface area contributed by atoms with E-state index in [0.29, 0.717) is 25.9 Å². The molecule has 0 unspecified atom stereocenters. The number of hydrogen-bond acceptors (Lipinski definition) is 6. The first-order valence-corrected chi connectivity index (χ1v) is 10.5. The highest BCUT2D eigenvalue weighted by Crippen LogP contribution is 2.19. The fourth-order valence-electron chi connectivity index (χ4n) is 3.28. The standard InChI is InChI=1S/C22H24N6O6/c29-19(25-3-1-7-27-9-5-23-13-27)15-11-18(22(33)34)16(12-17(15)21(31)32)20(30)26-4-2-8-28-10-6-24-14-28/h5-6,9-14H,1-4,7-8H2,(H,25,29)(H,26,30)(H,31,32)(H,33,34). The number of benzene rings is 1. The van der Waals surface area contributed by atoms with Gasteiger partial charge in [-0.3, -0.25) is 9.59 Å². The van der Waals surface area contributed by atoms with Gasteiger partial charge in [0.25, 0.3) is 11.8 Å². The van der Waals surface area contributed by atoms with Crippen LogP contribution in [-0.4, -0.2) is 66.2 Å². The van der Waals surface area contributed by atoms with Crippen LogP contribution in [-0.2, 0) is 13.1 Å². The molecule has 0 aliphatic carbocycles. The molecule has 0 aliphatic heterocycles. The van der Waals surface area contributed by atoms with Crippen molar-refractivity contribution >= 4 is 23.8 Å². The number of carbonyl (C=O) groups excluding carboxylic acids is 2. The van der Waals surface area contributed by atoms with E-state index >= 15 is 0 Å². The Kier molecular flexibility index (Phi) is 8.11. The van der Waals surface area contributed by atoms with Crippen molar-refractivity contribution in [3.05, 3.63) is 71.8 Å². The van der Waals surface area contributed by atoms with Gasteiger partial charge in [-0.25, -0.2) is 19.6 Å². The number of carboxylic acid groups (broad SMARTS) is 2. The number of hydrogen-bond donors (Lipinski definition) is 4. The minimum atomic E-state index is -1.45. The van der Waals surface area contributed by atoms with Gasteiger partial charge in [-0.15, -0.1) is 0 Å². The molecule has 1 aromatic carbocycles. The molecule has 0 saturated heterocycles. The molecule has 0 atom stereocenters. The molecule has 12 heteroatoms. The second kappa shape index (κ2) is 11.4. The molecule has 0 radical (unpaired) electrons. The molecule has 2 aromatic heterocycles. The van der Waals surface area contributed by atoms with E-state index in [1.165, 1.54) is 0 Å². The van der Waals surface area contributed by atoms with E-state index in [2.05, 4.69) is 20.6 Å². The van der Waals surface area contributed by atoms with Gasteiger partial charge in [0, 0.05) is 51.0 Å². The molecule has 3 rings (SSSR count). The molecule has 34 heavy (non-hydrogen) atoms. The van der Waals surface area contributed by atoms with Crippen molar-refractivity contribution in [3.63, 3.8) is 0 Å². The number of nitrogens with one attached hydrogen (secondary N) is 2. The van der Waals surface area contributed by atoms with Crippen LogP contribution in [0.4, 0.5) is 0 Å². The topological polar surface area (TPSA) is 168 Å². The summed E-state index contributed by atoms with van der Waals surface area (Å²) >= 11 is 0. The second-order valence-corrected chi connectivity index (χ2v) is 7.37. The summed E-state index contributed by atoms with van der Waals surface area (Å²) in [5.74, 6) is -4.38. The fraction of sp³-hybridized carbons (Fsp3) is 0.273. The maximum atomic E-state index is 12.6. The van der Waals surface area contributed by atoms with Crippen LogP contribution in [0.3, 0.4) is 0 Å². The SMILES string of the molecule is O=C(O)c1cc(C(=O)NCCCn2ccnc2)c(C(=O)O)cc1C(=O)NCCCn1ccnc1. The van der Waals surface area contributed by atoms with Crippen molar-refractivity contribution in [1.82, 2.24) is 29.7 Å². The van der Waals surface area contributed by atoms with Gasteiger partial charge in [0.2, 0.25) is 0 Å². The Morgan fingerprint density at radius 1 is 0.706 bits per heavy atom. The highest BCUT2D eigenvalue weighted by molar-refractivity contribution is 6.11. The molecule has 178 valence electrons. The van der Waals surface area contributed by atoms with Gasteiger partial charge in [-0.05, 0) is 25.0 Å². The van der Waals surface area contributed by atoms with Gasteiger partial charge in [0.1, 0.15) is 0 Å². The first-order chi connectivity index (χ1) is 16.4. The normalized spacial score (nSPS) is 10.6. The first-order valence-electron chi connectivity index (χ1n) is 10.5. The zero-order chi connectivity index (χ0) is 24.5. The number of imidazole rings is 2. The van der Waals surface area contributed by atoms with E-state index in [-0.39, 0.29) is 24.2 Å². The first kappa shape index (κ1) is 24.2. The highest BCUT2D eigenvalue weighted by atomic mass is 16.4. The Bertz CT molecular complexity index is 1070. The third-order valence-corrected chi connectivity index (χ3v) is 4.98. The number of carboxylic acids is 2. The van der Waals surface area contributed by atoms with Crippen molar-refractivity contribution < 1.29 is 29.4 Å². The van der Waals surface area contributed by atoms with E-state index in [0.717, 1.165) is 12.1 Å². The smallest absolute Gasteiger partial charge is 0.336 e. The maximum Gasteiger partial charge on any atom is 0.336 e. The Morgan fingerprint density at radius 2 is 1.12 bits per heavy atom. The molecule has 0 bridgehead atoms. The quantitative estimate of drug-likeness (QED) is 0.287. The lowest BCUT2D eigenvalue weighted by atomic mass is 9.97. The van der Waals surface area contributed by atoms with Gasteiger partial charge in [0.15, 0.2) is 0 Å². The van der Waals surface area contributed by atoms with Crippen LogP contribution in [0.5, 0.6) is 0 Å². The fourth-order valence-corrected chi connectivity index (χ4v) is 3.28. The minimum Gasteiger partial charge on any atom is -0.478 e. The number of aromatic carboxylic acids is 2. The second-order valence-electron chi connectivity index (χ2n) is 7.37. The lowest BCUT2D eigenvalue weighted by Gasteiger charge is -2.13. The minimum absolute atomic E-state index is 0.234. The number of rotatable bonds is 12. The Labute approximate surface area is 194 Å². The number of carbonyl (C=O) groups is 4. The van der Waals surface area contributed by atoms with E-state index in [4.69, 9.17) is 0 Å². The summed E-state index contributed by atoms with van der Waals surface area (Å²) in [7, 11) is 0. The molecule has 4 N–H and O–H groups in total. The van der Waals surface area contributed by atoms with Crippen molar-refractivity contribution in [2.75, 3.05) is 13.1 Å². The Balaban J connectivity index is 1.69. The van der Waals surface area contributed by atoms with Crippen LogP contribution in [0, 0.1) is 0 Å². The van der Waals surface area contributed by atoms with Gasteiger partial charge < -0.3 is 30.0 Å². The average Bonchev–Trinajstić information content (AvgIpc) is 3.52. The monoisotopic (exact) mass is 468 g/mol. The molecule has 12 nitrogen and oxygen atoms in total. The lowest BCUT2D eigenvalue weighted by molar-refractivity contribution is 0.0675. The number of aryl methyl sites for hydroxylation is 2. The number of aromatic nitrogens is 4. The van der Waals surface area contributed by atoms with Gasteiger partial charge in [0.05, 0.1) is 34.9 Å². The van der Waals surface area contributed by atoms with Crippen molar-refractivity contribution in [3.8, 4) is 0 Å². The molecule has 2 heterocycles. The number of nitrogens with zero attached hydrogens (tertiary/aromatic N) is 4. The molecule has 0 aliphatic rings. The van der Waals surface area contributed by atoms with Gasteiger partial charge in [-0.1, -0.05) is 0 Å². The molecule has 0 spiro atoms. The van der Waals surface area contributed by atoms with Crippen LogP contribution in [0.2, 0.25) is 0 Å². The summed E-state index contributed by atoms with van der Waals surface area (Å²) in [5.41, 5.74) is -1.57. The van der Waals surface area contributed by atoms with Crippen molar-refractivity contribution in [2.45, 2.75) is 25.9 Å². The summed E-state index contributed by atoms with van der Waals surface area (Å²) < 4.78 is 3.64. The van der Waals surface area contributed by atoms with Crippen LogP contribution in [0.25, 0.3) is 0 Å². The lowest BCUT2D eigenvalue weighted by Crippen LogP contribution is -2.30. The molecule has 3 aromatic rings. The zero-order valence-electron chi connectivity index (χ0n) is 18.2. The Hall–Kier alpha value is -4.48. The molecule has 2 amide bonds. The Morgan fingerprint density at radius 3 is 1.44 bits per heavy atom. The third-order valence-electron chi connectivity index (χ3n) is 4.98. The van der Waals surface area contributed by atoms with E-state index in [1.54, 1.807) is 37.4 Å². The molecule has 0 fully saturated rings. The predicted octanol–water partition coefficient (Wildman–Crippen LogP) is 1.12. The molecule has 0 saturated carbocycles. The van der Waals surface area contributed by atoms with Crippen molar-refractivity contribution in [1.29, 1.82) is 0 Å². The molecular formula is C22H24N6O6. The highest BCUT2D eigenvalue weighted by Gasteiger charge is 2.25. The van der Waals surface area contributed by atoms with E-state index < -0.39 is 34.9 Å². The van der Waals surface area contributed by atoms with Crippen LogP contribution >= 0.6 is 0 Å². The number of amides is 2. The predicted molar refractivity (Wildman–Crippen MR) is 119 cm³/mol. The van der Waals surface area contributed by atoms with Gasteiger partial charge in [-0.2, -0.15) is 0 Å². The molecular weight excluding hydrogens is 444 g/mol. The maximum absolute atomic E-state index is 12.6. The summed E-state index contributed by atoms with van der Waals surface area (Å²) in [4.78, 5) is 56.6. The van der Waals surface area contributed by atoms with E-state index in [9.17, 15) is 29.4 Å². The van der Waals surface area contributed by atoms with Crippen molar-refractivity contribution in [2.24, 2.45) is 0 Å². The largest absolute Gasteiger partial charge is 0.478 e. The van der Waals surface area contributed by atoms with Crippen LogP contribution in [0.1, 0.15) is 54.3 Å².